The van der Waals surface area contributed by atoms with Crippen LogP contribution in [0.3, 0.4) is 0 Å². The maximum absolute atomic E-state index is 5.66. The van der Waals surface area contributed by atoms with Crippen LogP contribution in [0.1, 0.15) is 19.7 Å². The average Bonchev–Trinajstić information content (AvgIpc) is 2.15. The van der Waals surface area contributed by atoms with Crippen molar-refractivity contribution in [2.45, 2.75) is 26.8 Å². The van der Waals surface area contributed by atoms with Gasteiger partial charge in [0.2, 0.25) is 0 Å². The molecule has 1 heterocycles. The van der Waals surface area contributed by atoms with E-state index in [0.29, 0.717) is 24.2 Å². The number of hydrogen-bond donors (Lipinski definition) is 2. The van der Waals surface area contributed by atoms with Gasteiger partial charge in [0.1, 0.15) is 17.5 Å². The van der Waals surface area contributed by atoms with Crippen LogP contribution in [-0.2, 0) is 4.74 Å². The van der Waals surface area contributed by atoms with E-state index < -0.39 is 0 Å². The van der Waals surface area contributed by atoms with Crippen molar-refractivity contribution in [1.29, 1.82) is 0 Å². The van der Waals surface area contributed by atoms with Gasteiger partial charge in [-0.25, -0.2) is 9.97 Å². The highest BCUT2D eigenvalue weighted by Gasteiger charge is 2.13. The molecule has 1 unspecified atom stereocenters. The van der Waals surface area contributed by atoms with Gasteiger partial charge in [-0.2, -0.15) is 0 Å². The third-order valence-electron chi connectivity index (χ3n) is 2.34. The topological polar surface area (TPSA) is 73.1 Å². The Morgan fingerprint density at radius 3 is 2.62 bits per heavy atom. The lowest BCUT2D eigenvalue weighted by molar-refractivity contribution is 0.171. The summed E-state index contributed by atoms with van der Waals surface area (Å²) in [7, 11) is 1.69. The minimum absolute atomic E-state index is 0.221. The highest BCUT2D eigenvalue weighted by molar-refractivity contribution is 5.45. The molecule has 0 fully saturated rings. The van der Waals surface area contributed by atoms with Crippen molar-refractivity contribution < 1.29 is 4.74 Å². The molecule has 1 atom stereocenters. The Bertz CT molecular complexity index is 321. The summed E-state index contributed by atoms with van der Waals surface area (Å²) >= 11 is 0. The molecular formula is C11H20N4O. The number of nitrogens with zero attached hydrogens (tertiary/aromatic N) is 2. The zero-order chi connectivity index (χ0) is 12.1. The molecule has 5 heteroatoms. The fraction of sp³-hybridized carbons (Fsp3) is 0.636. The largest absolute Gasteiger partial charge is 0.384 e. The van der Waals surface area contributed by atoms with Crippen molar-refractivity contribution in [3.05, 3.63) is 11.9 Å². The number of nitrogens with two attached hydrogens (primary N) is 1. The molecule has 0 aliphatic carbocycles. The number of hydrogen-bond acceptors (Lipinski definition) is 5. The molecule has 0 saturated heterocycles. The summed E-state index contributed by atoms with van der Waals surface area (Å²) in [6.07, 6.45) is 0. The molecule has 0 bridgehead atoms. The second-order valence-corrected chi connectivity index (χ2v) is 4.18. The Labute approximate surface area is 96.4 Å². The molecule has 1 rings (SSSR count). The number of aromatic nitrogens is 2. The Balaban J connectivity index is 2.76. The zero-order valence-corrected chi connectivity index (χ0v) is 10.3. The van der Waals surface area contributed by atoms with Crippen LogP contribution in [0.4, 0.5) is 11.6 Å². The van der Waals surface area contributed by atoms with Crippen LogP contribution in [0.2, 0.25) is 0 Å². The zero-order valence-electron chi connectivity index (χ0n) is 10.3. The fourth-order valence-electron chi connectivity index (χ4n) is 1.44. The number of aryl methyl sites for hydroxylation is 1. The van der Waals surface area contributed by atoms with Crippen molar-refractivity contribution in [2.75, 3.05) is 24.8 Å². The van der Waals surface area contributed by atoms with Gasteiger partial charge in [0, 0.05) is 13.2 Å². The highest BCUT2D eigenvalue weighted by Crippen LogP contribution is 2.13. The van der Waals surface area contributed by atoms with Gasteiger partial charge in [-0.3, -0.25) is 0 Å². The van der Waals surface area contributed by atoms with E-state index in [0.717, 1.165) is 5.82 Å². The van der Waals surface area contributed by atoms with E-state index in [1.807, 2.05) is 6.92 Å². The molecule has 90 valence electrons. The lowest BCUT2D eigenvalue weighted by atomic mass is 10.1. The minimum Gasteiger partial charge on any atom is -0.384 e. The van der Waals surface area contributed by atoms with E-state index in [1.54, 1.807) is 13.2 Å². The summed E-state index contributed by atoms with van der Waals surface area (Å²) < 4.78 is 5.16. The Kier molecular flexibility index (Phi) is 4.49. The van der Waals surface area contributed by atoms with Crippen LogP contribution < -0.4 is 11.1 Å². The predicted molar refractivity (Wildman–Crippen MR) is 65.3 cm³/mol. The second kappa shape index (κ2) is 5.65. The van der Waals surface area contributed by atoms with Crippen molar-refractivity contribution >= 4 is 11.6 Å². The van der Waals surface area contributed by atoms with Gasteiger partial charge in [0.25, 0.3) is 0 Å². The first-order valence-corrected chi connectivity index (χ1v) is 5.39. The monoisotopic (exact) mass is 224 g/mol. The van der Waals surface area contributed by atoms with Crippen LogP contribution in [0.5, 0.6) is 0 Å². The first-order valence-electron chi connectivity index (χ1n) is 5.39. The van der Waals surface area contributed by atoms with E-state index in [-0.39, 0.29) is 6.04 Å². The third kappa shape index (κ3) is 3.66. The molecule has 0 aliphatic rings. The first-order chi connectivity index (χ1) is 7.52. The fourth-order valence-corrected chi connectivity index (χ4v) is 1.44. The molecule has 5 nitrogen and oxygen atoms in total. The lowest BCUT2D eigenvalue weighted by Gasteiger charge is -2.22. The summed E-state index contributed by atoms with van der Waals surface area (Å²) in [6.45, 7) is 6.73. The standard InChI is InChI=1S/C11H20N4O/c1-7(2)9(6-16-4)15-11-5-10(12)13-8(3)14-11/h5,7,9H,6H2,1-4H3,(H3,12,13,14,15). The summed E-state index contributed by atoms with van der Waals surface area (Å²) in [5, 5.41) is 3.30. The maximum atomic E-state index is 5.66. The molecule has 0 aliphatic heterocycles. The summed E-state index contributed by atoms with van der Waals surface area (Å²) in [5.74, 6) is 2.36. The Hall–Kier alpha value is -1.36. The summed E-state index contributed by atoms with van der Waals surface area (Å²) in [6, 6.07) is 1.96. The lowest BCUT2D eigenvalue weighted by Crippen LogP contribution is -2.31. The molecule has 1 aromatic rings. The summed E-state index contributed by atoms with van der Waals surface area (Å²) in [5.41, 5.74) is 5.66. The maximum Gasteiger partial charge on any atom is 0.132 e. The molecule has 3 N–H and O–H groups in total. The van der Waals surface area contributed by atoms with Gasteiger partial charge in [-0.15, -0.1) is 0 Å². The number of ether oxygens (including phenoxy) is 1. The number of nitrogen functional groups attached to an aromatic ring is 1. The Morgan fingerprint density at radius 1 is 1.44 bits per heavy atom. The van der Waals surface area contributed by atoms with Crippen LogP contribution in [0.15, 0.2) is 6.07 Å². The predicted octanol–water partition coefficient (Wildman–Crippen LogP) is 1.45. The van der Waals surface area contributed by atoms with Crippen molar-refractivity contribution in [3.63, 3.8) is 0 Å². The molecular weight excluding hydrogens is 204 g/mol. The number of rotatable bonds is 5. The van der Waals surface area contributed by atoms with Gasteiger partial charge in [0.15, 0.2) is 0 Å². The van der Waals surface area contributed by atoms with E-state index >= 15 is 0 Å². The molecule has 0 amide bonds. The normalized spacial score (nSPS) is 12.8. The highest BCUT2D eigenvalue weighted by atomic mass is 16.5. The smallest absolute Gasteiger partial charge is 0.132 e. The third-order valence-corrected chi connectivity index (χ3v) is 2.34. The minimum atomic E-state index is 0.221. The van der Waals surface area contributed by atoms with Gasteiger partial charge < -0.3 is 15.8 Å². The number of methoxy groups -OCH3 is 1. The quantitative estimate of drug-likeness (QED) is 0.792. The molecule has 0 radical (unpaired) electrons. The summed E-state index contributed by atoms with van der Waals surface area (Å²) in [4.78, 5) is 8.31. The van der Waals surface area contributed by atoms with E-state index in [9.17, 15) is 0 Å². The van der Waals surface area contributed by atoms with Crippen LogP contribution >= 0.6 is 0 Å². The van der Waals surface area contributed by atoms with Crippen molar-refractivity contribution in [2.24, 2.45) is 5.92 Å². The molecule has 16 heavy (non-hydrogen) atoms. The molecule has 0 aromatic carbocycles. The first kappa shape index (κ1) is 12.7. The Morgan fingerprint density at radius 2 is 2.12 bits per heavy atom. The van der Waals surface area contributed by atoms with Gasteiger partial charge in [-0.1, -0.05) is 13.8 Å². The number of nitrogens with one attached hydrogen (secondary N) is 1. The van der Waals surface area contributed by atoms with Crippen LogP contribution in [0.25, 0.3) is 0 Å². The van der Waals surface area contributed by atoms with Gasteiger partial charge in [0.05, 0.1) is 12.6 Å². The SMILES string of the molecule is COCC(Nc1cc(N)nc(C)n1)C(C)C. The van der Waals surface area contributed by atoms with Gasteiger partial charge in [-0.05, 0) is 12.8 Å². The van der Waals surface area contributed by atoms with Gasteiger partial charge >= 0.3 is 0 Å². The van der Waals surface area contributed by atoms with E-state index in [2.05, 4.69) is 29.1 Å². The number of anilines is 2. The van der Waals surface area contributed by atoms with E-state index in [1.165, 1.54) is 0 Å². The van der Waals surface area contributed by atoms with Crippen LogP contribution in [-0.4, -0.2) is 29.7 Å². The van der Waals surface area contributed by atoms with Crippen molar-refractivity contribution in [3.8, 4) is 0 Å². The molecule has 0 saturated carbocycles. The van der Waals surface area contributed by atoms with E-state index in [4.69, 9.17) is 10.5 Å². The van der Waals surface area contributed by atoms with Crippen molar-refractivity contribution in [1.82, 2.24) is 9.97 Å². The van der Waals surface area contributed by atoms with Crippen LogP contribution in [0, 0.1) is 12.8 Å². The second-order valence-electron chi connectivity index (χ2n) is 4.18. The average molecular weight is 224 g/mol. The molecule has 1 aromatic heterocycles. The molecule has 0 spiro atoms.